The van der Waals surface area contributed by atoms with Gasteiger partial charge in [-0.05, 0) is 103 Å². The first-order chi connectivity index (χ1) is 21.2. The van der Waals surface area contributed by atoms with Crippen LogP contribution in [0.25, 0.3) is 64.3 Å². The Morgan fingerprint density at radius 3 is 1.86 bits per heavy atom. The van der Waals surface area contributed by atoms with Crippen LogP contribution in [0.1, 0.15) is 22.3 Å². The molecular formula is C41H23BrS. The molecule has 0 atom stereocenters. The van der Waals surface area contributed by atoms with Crippen molar-refractivity contribution in [2.45, 2.75) is 5.41 Å². The zero-order valence-electron chi connectivity index (χ0n) is 23.1. The smallest absolute Gasteiger partial charge is 0.0725 e. The maximum atomic E-state index is 3.69. The van der Waals surface area contributed by atoms with Crippen molar-refractivity contribution in [3.8, 4) is 33.4 Å². The average molecular weight is 628 g/mol. The second-order valence-electron chi connectivity index (χ2n) is 11.8. The first kappa shape index (κ1) is 24.0. The normalized spacial score (nSPS) is 13.9. The molecule has 43 heavy (non-hydrogen) atoms. The van der Waals surface area contributed by atoms with E-state index in [0.717, 1.165) is 4.47 Å². The number of fused-ring (bicyclic) bond motifs is 15. The van der Waals surface area contributed by atoms with Crippen molar-refractivity contribution in [3.05, 3.63) is 166 Å². The van der Waals surface area contributed by atoms with Crippen LogP contribution >= 0.6 is 27.3 Å². The van der Waals surface area contributed by atoms with E-state index in [1.54, 1.807) is 0 Å². The van der Waals surface area contributed by atoms with Gasteiger partial charge in [0.25, 0.3) is 0 Å². The number of hydrogen-bond acceptors (Lipinski definition) is 1. The molecule has 2 heteroatoms. The largest absolute Gasteiger partial charge is 0.135 e. The second-order valence-corrected chi connectivity index (χ2v) is 13.8. The minimum atomic E-state index is -0.333. The first-order valence-corrected chi connectivity index (χ1v) is 16.3. The molecule has 0 amide bonds. The van der Waals surface area contributed by atoms with E-state index in [2.05, 4.69) is 155 Å². The fourth-order valence-corrected chi connectivity index (χ4v) is 9.45. The molecule has 10 rings (SSSR count). The Hall–Kier alpha value is -4.50. The van der Waals surface area contributed by atoms with Crippen molar-refractivity contribution in [2.24, 2.45) is 0 Å². The van der Waals surface area contributed by atoms with E-state index in [4.69, 9.17) is 0 Å². The van der Waals surface area contributed by atoms with Crippen molar-refractivity contribution in [3.63, 3.8) is 0 Å². The summed E-state index contributed by atoms with van der Waals surface area (Å²) in [6.45, 7) is 0. The molecule has 0 unspecified atom stereocenters. The Balaban J connectivity index is 1.30. The average Bonchev–Trinajstić information content (AvgIpc) is 3.68. The fraction of sp³-hybridized carbons (Fsp3) is 0.0244. The van der Waals surface area contributed by atoms with Crippen LogP contribution in [0.5, 0.6) is 0 Å². The van der Waals surface area contributed by atoms with Crippen LogP contribution in [0, 0.1) is 0 Å². The highest BCUT2D eigenvalue weighted by Gasteiger charge is 2.51. The molecule has 7 aromatic carbocycles. The van der Waals surface area contributed by atoms with Gasteiger partial charge in [-0.2, -0.15) is 0 Å². The summed E-state index contributed by atoms with van der Waals surface area (Å²) in [6, 6.07) is 52.5. The van der Waals surface area contributed by atoms with Crippen molar-refractivity contribution >= 4 is 58.2 Å². The number of hydrogen-bond donors (Lipinski definition) is 0. The molecule has 0 aliphatic heterocycles. The SMILES string of the molecule is Brc1ccc2sc3ccc(-c4ccc5c(c4)-c4c(ccc6ccccc46)C54c5ccccc5-c5ccccc54)cc3c2c1. The van der Waals surface area contributed by atoms with Crippen LogP contribution < -0.4 is 0 Å². The van der Waals surface area contributed by atoms with Gasteiger partial charge in [0.2, 0.25) is 0 Å². The molecule has 1 aromatic heterocycles. The van der Waals surface area contributed by atoms with Gasteiger partial charge in [0.05, 0.1) is 5.41 Å². The summed E-state index contributed by atoms with van der Waals surface area (Å²) < 4.78 is 3.77. The zero-order valence-corrected chi connectivity index (χ0v) is 25.5. The van der Waals surface area contributed by atoms with E-state index >= 15 is 0 Å². The quantitative estimate of drug-likeness (QED) is 0.170. The lowest BCUT2D eigenvalue weighted by molar-refractivity contribution is 0.794. The molecular weight excluding hydrogens is 604 g/mol. The molecule has 0 N–H and O–H groups in total. The highest BCUT2D eigenvalue weighted by atomic mass is 79.9. The second kappa shape index (κ2) is 8.54. The number of rotatable bonds is 1. The Morgan fingerprint density at radius 1 is 0.442 bits per heavy atom. The van der Waals surface area contributed by atoms with Crippen LogP contribution in [-0.2, 0) is 5.41 Å². The number of benzene rings is 7. The first-order valence-electron chi connectivity index (χ1n) is 14.7. The Labute approximate surface area is 262 Å². The maximum absolute atomic E-state index is 3.69. The molecule has 0 radical (unpaired) electrons. The summed E-state index contributed by atoms with van der Waals surface area (Å²) in [7, 11) is 0. The predicted molar refractivity (Wildman–Crippen MR) is 186 cm³/mol. The van der Waals surface area contributed by atoms with E-state index in [0.29, 0.717) is 0 Å². The van der Waals surface area contributed by atoms with Crippen molar-refractivity contribution in [2.75, 3.05) is 0 Å². The molecule has 2 aliphatic rings. The van der Waals surface area contributed by atoms with E-state index in [1.165, 1.54) is 86.6 Å². The maximum Gasteiger partial charge on any atom is 0.0725 e. The van der Waals surface area contributed by atoms with Crippen LogP contribution in [0.2, 0.25) is 0 Å². The highest BCUT2D eigenvalue weighted by molar-refractivity contribution is 9.10. The van der Waals surface area contributed by atoms with E-state index in [9.17, 15) is 0 Å². The lowest BCUT2D eigenvalue weighted by Gasteiger charge is -2.30. The molecule has 200 valence electrons. The zero-order chi connectivity index (χ0) is 28.3. The Kier molecular flexibility index (Phi) is 4.76. The lowest BCUT2D eigenvalue weighted by atomic mass is 9.70. The Morgan fingerprint density at radius 2 is 1.05 bits per heavy atom. The number of thiophene rings is 1. The molecule has 0 nitrogen and oxygen atoms in total. The van der Waals surface area contributed by atoms with Gasteiger partial charge in [0.15, 0.2) is 0 Å². The molecule has 2 aliphatic carbocycles. The van der Waals surface area contributed by atoms with Crippen molar-refractivity contribution in [1.82, 2.24) is 0 Å². The molecule has 0 fully saturated rings. The molecule has 1 heterocycles. The summed E-state index contributed by atoms with van der Waals surface area (Å²) in [5.41, 5.74) is 13.1. The summed E-state index contributed by atoms with van der Waals surface area (Å²) >= 11 is 5.56. The van der Waals surface area contributed by atoms with Crippen molar-refractivity contribution < 1.29 is 0 Å². The van der Waals surface area contributed by atoms with Crippen molar-refractivity contribution in [1.29, 1.82) is 0 Å². The summed E-state index contributed by atoms with van der Waals surface area (Å²) in [5.74, 6) is 0. The standard InChI is InChI=1S/C41H23BrS/c42-27-16-20-39-32(23-27)31-21-26(15-19-38(31)43-39)25-14-17-36-33(22-25)40-28-8-2-1-7-24(28)13-18-37(40)41(36)34-11-5-3-9-29(34)30-10-4-6-12-35(30)41/h1-23H. The summed E-state index contributed by atoms with van der Waals surface area (Å²) in [5, 5.41) is 5.24. The third kappa shape index (κ3) is 3.05. The molecule has 0 saturated heterocycles. The molecule has 0 saturated carbocycles. The van der Waals surface area contributed by atoms with Gasteiger partial charge < -0.3 is 0 Å². The predicted octanol–water partition coefficient (Wildman–Crippen LogP) is 12.0. The van der Waals surface area contributed by atoms with E-state index < -0.39 is 0 Å². The minimum absolute atomic E-state index is 0.333. The van der Waals surface area contributed by atoms with Gasteiger partial charge in [-0.3, -0.25) is 0 Å². The Bertz CT molecular complexity index is 2430. The lowest BCUT2D eigenvalue weighted by Crippen LogP contribution is -2.25. The molecule has 0 bridgehead atoms. The third-order valence-electron chi connectivity index (χ3n) is 9.74. The minimum Gasteiger partial charge on any atom is -0.135 e. The van der Waals surface area contributed by atoms with Gasteiger partial charge in [0, 0.05) is 24.6 Å². The van der Waals surface area contributed by atoms with Crippen LogP contribution in [-0.4, -0.2) is 0 Å². The number of halogens is 1. The molecule has 8 aromatic rings. The van der Waals surface area contributed by atoms with Gasteiger partial charge >= 0.3 is 0 Å². The van der Waals surface area contributed by atoms with E-state index in [1.807, 2.05) is 11.3 Å². The topological polar surface area (TPSA) is 0 Å². The van der Waals surface area contributed by atoms with E-state index in [-0.39, 0.29) is 5.41 Å². The fourth-order valence-electron chi connectivity index (χ4n) is 8.02. The van der Waals surface area contributed by atoms with Crippen LogP contribution in [0.3, 0.4) is 0 Å². The van der Waals surface area contributed by atoms with Crippen LogP contribution in [0.4, 0.5) is 0 Å². The summed E-state index contributed by atoms with van der Waals surface area (Å²) in [4.78, 5) is 0. The van der Waals surface area contributed by atoms with Gasteiger partial charge in [-0.25, -0.2) is 0 Å². The van der Waals surface area contributed by atoms with Crippen LogP contribution in [0.15, 0.2) is 144 Å². The van der Waals surface area contributed by atoms with Gasteiger partial charge in [-0.1, -0.05) is 119 Å². The van der Waals surface area contributed by atoms with Gasteiger partial charge in [-0.15, -0.1) is 11.3 Å². The highest BCUT2D eigenvalue weighted by Crippen LogP contribution is 2.64. The monoisotopic (exact) mass is 626 g/mol. The molecule has 1 spiro atoms. The third-order valence-corrected chi connectivity index (χ3v) is 11.4. The van der Waals surface area contributed by atoms with Gasteiger partial charge in [0.1, 0.15) is 0 Å². The summed E-state index contributed by atoms with van der Waals surface area (Å²) in [6.07, 6.45) is 0.